The predicted octanol–water partition coefficient (Wildman–Crippen LogP) is 1.96. The maximum atomic E-state index is 14.9. The summed E-state index contributed by atoms with van der Waals surface area (Å²) < 4.78 is 20.1. The lowest BCUT2D eigenvalue weighted by atomic mass is 9.95. The van der Waals surface area contributed by atoms with E-state index in [1.165, 1.54) is 17.9 Å². The highest BCUT2D eigenvalue weighted by Crippen LogP contribution is 2.38. The molecule has 2 bridgehead atoms. The van der Waals surface area contributed by atoms with Crippen LogP contribution in [0.25, 0.3) is 0 Å². The third-order valence-electron chi connectivity index (χ3n) is 5.73. The van der Waals surface area contributed by atoms with Gasteiger partial charge in [0.05, 0.1) is 30.2 Å². The Labute approximate surface area is 161 Å². The molecule has 3 aliphatic rings. The number of nitrogens with zero attached hydrogens (tertiary/aromatic N) is 3. The molecule has 2 heterocycles. The zero-order chi connectivity index (χ0) is 19.8. The van der Waals surface area contributed by atoms with Crippen LogP contribution in [0.15, 0.2) is 23.4 Å². The Hall–Kier alpha value is -2.84. The van der Waals surface area contributed by atoms with Crippen LogP contribution in [-0.4, -0.2) is 55.2 Å². The molecule has 3 fully saturated rings. The molecule has 8 nitrogen and oxygen atoms in total. The predicted molar refractivity (Wildman–Crippen MR) is 100 cm³/mol. The van der Waals surface area contributed by atoms with Crippen LogP contribution in [0.4, 0.5) is 20.6 Å². The number of hydrogen-bond acceptors (Lipinski definition) is 6. The van der Waals surface area contributed by atoms with E-state index >= 15 is 0 Å². The molecule has 1 aromatic rings. The molecule has 2 N–H and O–H groups in total. The number of nitrogens with one attached hydrogen (secondary N) is 1. The fraction of sp³-hybridized carbons (Fsp3) is 0.526. The third-order valence-corrected chi connectivity index (χ3v) is 5.73. The molecule has 2 amide bonds. The highest BCUT2D eigenvalue weighted by atomic mass is 19.1. The number of piperidine rings is 1. The van der Waals surface area contributed by atoms with Crippen LogP contribution < -0.4 is 15.1 Å². The van der Waals surface area contributed by atoms with Crippen molar-refractivity contribution in [3.63, 3.8) is 0 Å². The lowest BCUT2D eigenvalue weighted by molar-refractivity contribution is -0.119. The summed E-state index contributed by atoms with van der Waals surface area (Å²) in [6.07, 6.45) is 0.890. The Kier molecular flexibility index (Phi) is 4.82. The largest absolute Gasteiger partial charge is 0.442 e. The standard InChI is InChI=1S/C19H23FN4O4/c1-11(25)21-7-15-10-24(19(26)28-15)14-4-5-17(16(20)6-14)23-8-12-2-3-13(9-23)18(12)22-27/h4-6,12-13,15,27H,2-3,7-10H2,1H3,(H,21,25)/t12?,13?,15-/m0/s1. The first kappa shape index (κ1) is 18.5. The van der Waals surface area contributed by atoms with E-state index in [0.29, 0.717) is 24.5 Å². The SMILES string of the molecule is CC(=O)NC[C@H]1CN(c2ccc(N3CC4CCC(C3)C4=NO)c(F)c2)C(=O)O1. The number of amides is 2. The van der Waals surface area contributed by atoms with Gasteiger partial charge in [0.2, 0.25) is 5.91 Å². The molecular weight excluding hydrogens is 367 g/mol. The van der Waals surface area contributed by atoms with Gasteiger partial charge in [0.1, 0.15) is 11.9 Å². The number of carbonyl (C=O) groups is 2. The summed E-state index contributed by atoms with van der Waals surface area (Å²) in [5.41, 5.74) is 1.74. The molecule has 2 unspecified atom stereocenters. The number of anilines is 2. The molecule has 0 spiro atoms. The second-order valence-electron chi connectivity index (χ2n) is 7.59. The number of halogens is 1. The van der Waals surface area contributed by atoms with Gasteiger partial charge >= 0.3 is 6.09 Å². The Bertz CT molecular complexity index is 814. The number of oxime groups is 1. The summed E-state index contributed by atoms with van der Waals surface area (Å²) >= 11 is 0. The molecular formula is C19H23FN4O4. The average molecular weight is 390 g/mol. The molecule has 3 atom stereocenters. The van der Waals surface area contributed by atoms with Crippen molar-refractivity contribution in [2.45, 2.75) is 25.9 Å². The summed E-state index contributed by atoms with van der Waals surface area (Å²) in [6.45, 7) is 3.11. The van der Waals surface area contributed by atoms with E-state index in [-0.39, 0.29) is 30.8 Å². The van der Waals surface area contributed by atoms with Crippen molar-refractivity contribution in [2.24, 2.45) is 17.0 Å². The Morgan fingerprint density at radius 2 is 2.04 bits per heavy atom. The zero-order valence-electron chi connectivity index (χ0n) is 15.6. The van der Waals surface area contributed by atoms with Crippen molar-refractivity contribution in [3.8, 4) is 0 Å². The first-order valence-electron chi connectivity index (χ1n) is 9.45. The maximum Gasteiger partial charge on any atom is 0.414 e. The molecule has 150 valence electrons. The number of benzene rings is 1. The fourth-order valence-corrected chi connectivity index (χ4v) is 4.38. The normalized spacial score (nSPS) is 26.4. The summed E-state index contributed by atoms with van der Waals surface area (Å²) in [7, 11) is 0. The minimum atomic E-state index is -0.553. The van der Waals surface area contributed by atoms with Gasteiger partial charge in [-0.15, -0.1) is 0 Å². The summed E-state index contributed by atoms with van der Waals surface area (Å²) in [4.78, 5) is 26.5. The molecule has 0 radical (unpaired) electrons. The van der Waals surface area contributed by atoms with Gasteiger partial charge in [0.25, 0.3) is 0 Å². The number of rotatable bonds is 4. The van der Waals surface area contributed by atoms with Crippen molar-refractivity contribution in [3.05, 3.63) is 24.0 Å². The first-order chi connectivity index (χ1) is 13.5. The number of carbonyl (C=O) groups excluding carboxylic acids is 2. The van der Waals surface area contributed by atoms with E-state index in [9.17, 15) is 19.2 Å². The molecule has 1 aliphatic carbocycles. The lowest BCUT2D eigenvalue weighted by Crippen LogP contribution is -2.42. The second kappa shape index (κ2) is 7.29. The molecule has 2 aliphatic heterocycles. The van der Waals surface area contributed by atoms with Gasteiger partial charge in [-0.1, -0.05) is 5.16 Å². The second-order valence-corrected chi connectivity index (χ2v) is 7.59. The van der Waals surface area contributed by atoms with Crippen molar-refractivity contribution >= 4 is 29.1 Å². The van der Waals surface area contributed by atoms with E-state index < -0.39 is 18.0 Å². The van der Waals surface area contributed by atoms with Gasteiger partial charge in [-0.25, -0.2) is 9.18 Å². The van der Waals surface area contributed by atoms with E-state index in [1.807, 2.05) is 4.90 Å². The Morgan fingerprint density at radius 1 is 1.32 bits per heavy atom. The maximum absolute atomic E-state index is 14.9. The topological polar surface area (TPSA) is 94.5 Å². The molecule has 2 saturated heterocycles. The van der Waals surface area contributed by atoms with Crippen LogP contribution in [0.1, 0.15) is 19.8 Å². The highest BCUT2D eigenvalue weighted by molar-refractivity contribution is 5.93. The van der Waals surface area contributed by atoms with Crippen molar-refractivity contribution in [2.75, 3.05) is 36.0 Å². The molecule has 0 aromatic heterocycles. The van der Waals surface area contributed by atoms with Crippen LogP contribution in [0.5, 0.6) is 0 Å². The Morgan fingerprint density at radius 3 is 2.64 bits per heavy atom. The molecule has 1 aromatic carbocycles. The van der Waals surface area contributed by atoms with Crippen LogP contribution in [0.2, 0.25) is 0 Å². The van der Waals surface area contributed by atoms with E-state index in [4.69, 9.17) is 4.74 Å². The van der Waals surface area contributed by atoms with Crippen LogP contribution in [0, 0.1) is 17.7 Å². The van der Waals surface area contributed by atoms with E-state index in [2.05, 4.69) is 10.5 Å². The first-order valence-corrected chi connectivity index (χ1v) is 9.45. The monoisotopic (exact) mass is 390 g/mol. The van der Waals surface area contributed by atoms with Gasteiger partial charge in [-0.05, 0) is 31.0 Å². The number of cyclic esters (lactones) is 1. The zero-order valence-corrected chi connectivity index (χ0v) is 15.6. The van der Waals surface area contributed by atoms with E-state index in [1.54, 1.807) is 12.1 Å². The van der Waals surface area contributed by atoms with Gasteiger partial charge < -0.3 is 20.2 Å². The number of fused-ring (bicyclic) bond motifs is 2. The summed E-state index contributed by atoms with van der Waals surface area (Å²) in [5, 5.41) is 15.2. The molecule has 4 rings (SSSR count). The van der Waals surface area contributed by atoms with Gasteiger partial charge in [-0.3, -0.25) is 9.69 Å². The highest BCUT2D eigenvalue weighted by Gasteiger charge is 2.40. The van der Waals surface area contributed by atoms with Gasteiger partial charge in [0, 0.05) is 31.8 Å². The minimum Gasteiger partial charge on any atom is -0.442 e. The van der Waals surface area contributed by atoms with Crippen LogP contribution >= 0.6 is 0 Å². The van der Waals surface area contributed by atoms with Crippen molar-refractivity contribution < 1.29 is 23.9 Å². The van der Waals surface area contributed by atoms with Crippen LogP contribution in [-0.2, 0) is 9.53 Å². The Balaban J connectivity index is 1.47. The number of ether oxygens (including phenoxy) is 1. The third kappa shape index (κ3) is 3.36. The minimum absolute atomic E-state index is 0.158. The smallest absolute Gasteiger partial charge is 0.414 e. The molecule has 28 heavy (non-hydrogen) atoms. The number of hydrogen-bond donors (Lipinski definition) is 2. The van der Waals surface area contributed by atoms with Crippen molar-refractivity contribution in [1.29, 1.82) is 0 Å². The lowest BCUT2D eigenvalue weighted by Gasteiger charge is -2.34. The van der Waals surface area contributed by atoms with Gasteiger partial charge in [-0.2, -0.15) is 0 Å². The molecule has 1 saturated carbocycles. The summed E-state index contributed by atoms with van der Waals surface area (Å²) in [6, 6.07) is 4.73. The van der Waals surface area contributed by atoms with E-state index in [0.717, 1.165) is 18.6 Å². The van der Waals surface area contributed by atoms with Gasteiger partial charge in [0.15, 0.2) is 0 Å². The van der Waals surface area contributed by atoms with Crippen LogP contribution in [0.3, 0.4) is 0 Å². The average Bonchev–Trinajstić information content (AvgIpc) is 3.15. The summed E-state index contributed by atoms with van der Waals surface area (Å²) in [5.74, 6) is -0.286. The quantitative estimate of drug-likeness (QED) is 0.605. The molecule has 9 heteroatoms. The fourth-order valence-electron chi connectivity index (χ4n) is 4.38. The van der Waals surface area contributed by atoms with Crippen molar-refractivity contribution in [1.82, 2.24) is 5.32 Å².